The van der Waals surface area contributed by atoms with Crippen molar-refractivity contribution in [2.75, 3.05) is 62.3 Å². The zero-order valence-corrected chi connectivity index (χ0v) is 17.7. The van der Waals surface area contributed by atoms with E-state index in [1.54, 1.807) is 9.80 Å². The molecule has 1 aromatic carbocycles. The van der Waals surface area contributed by atoms with E-state index in [4.69, 9.17) is 4.74 Å². The molecule has 0 spiro atoms. The summed E-state index contributed by atoms with van der Waals surface area (Å²) in [5, 5.41) is 17.7. The van der Waals surface area contributed by atoms with Gasteiger partial charge in [0, 0.05) is 45.3 Å². The third-order valence-electron chi connectivity index (χ3n) is 5.36. The van der Waals surface area contributed by atoms with Crippen molar-refractivity contribution in [1.29, 1.82) is 0 Å². The van der Waals surface area contributed by atoms with Gasteiger partial charge >= 0.3 is 5.69 Å². The number of nitro groups is 1. The number of aromatic nitrogens is 3. The first kappa shape index (κ1) is 21.9. The lowest BCUT2D eigenvalue weighted by atomic mass is 10.2. The first-order chi connectivity index (χ1) is 15.3. The molecule has 2 aliphatic heterocycles. The van der Waals surface area contributed by atoms with Gasteiger partial charge in [0.2, 0.25) is 15.8 Å². The van der Waals surface area contributed by atoms with Crippen LogP contribution in [0.5, 0.6) is 0 Å². The first-order valence-corrected chi connectivity index (χ1v) is 11.3. The topological polar surface area (TPSA) is 175 Å². The Morgan fingerprint density at radius 3 is 2.31 bits per heavy atom. The monoisotopic (exact) mass is 467 g/mol. The van der Waals surface area contributed by atoms with Gasteiger partial charge in [0.1, 0.15) is 5.69 Å². The Morgan fingerprint density at radius 2 is 1.69 bits per heavy atom. The van der Waals surface area contributed by atoms with Gasteiger partial charge in [0.25, 0.3) is 11.2 Å². The summed E-state index contributed by atoms with van der Waals surface area (Å²) in [5.41, 5.74) is -1.35. The number of morpholine rings is 1. The maximum atomic E-state index is 12.9. The van der Waals surface area contributed by atoms with Crippen LogP contribution in [0.3, 0.4) is 0 Å². The van der Waals surface area contributed by atoms with E-state index in [1.807, 2.05) is 0 Å². The number of anilines is 2. The predicted octanol–water partition coefficient (Wildman–Crippen LogP) is -1.29. The third kappa shape index (κ3) is 4.21. The largest absolute Gasteiger partial charge is 0.379 e. The molecule has 0 amide bonds. The van der Waals surface area contributed by atoms with Crippen molar-refractivity contribution in [3.63, 3.8) is 0 Å². The van der Waals surface area contributed by atoms with Gasteiger partial charge in [-0.15, -0.1) is 5.10 Å². The van der Waals surface area contributed by atoms with Crippen LogP contribution in [0.2, 0.25) is 0 Å². The number of sulfonamides is 1. The van der Waals surface area contributed by atoms with Crippen LogP contribution in [-0.4, -0.2) is 85.3 Å². The molecule has 32 heavy (non-hydrogen) atoms. The van der Waals surface area contributed by atoms with Crippen LogP contribution in [0.4, 0.5) is 17.2 Å². The number of nitrogens with zero attached hydrogens (tertiary/aromatic N) is 5. The minimum Gasteiger partial charge on any atom is -0.379 e. The maximum absolute atomic E-state index is 12.9. The summed E-state index contributed by atoms with van der Waals surface area (Å²) in [6.07, 6.45) is 0. The summed E-state index contributed by atoms with van der Waals surface area (Å²) < 4.78 is 32.2. The Kier molecular flexibility index (Phi) is 5.94. The molecule has 172 valence electrons. The Balaban J connectivity index is 1.56. The van der Waals surface area contributed by atoms with Crippen molar-refractivity contribution in [2.45, 2.75) is 4.90 Å². The number of hydrogen-bond acceptors (Lipinski definition) is 10. The lowest BCUT2D eigenvalue weighted by Gasteiger charge is -2.35. The highest BCUT2D eigenvalue weighted by Gasteiger charge is 2.31. The molecular formula is C17H21N7O7S. The number of rotatable bonds is 5. The highest BCUT2D eigenvalue weighted by molar-refractivity contribution is 7.89. The molecule has 15 heteroatoms. The zero-order chi connectivity index (χ0) is 22.9. The number of aromatic amines is 2. The van der Waals surface area contributed by atoms with Crippen LogP contribution in [-0.2, 0) is 14.8 Å². The summed E-state index contributed by atoms with van der Waals surface area (Å²) >= 11 is 0. The van der Waals surface area contributed by atoms with E-state index in [2.05, 4.69) is 15.2 Å². The highest BCUT2D eigenvalue weighted by atomic mass is 32.2. The summed E-state index contributed by atoms with van der Waals surface area (Å²) in [6, 6.07) is 3.89. The smallest absolute Gasteiger partial charge is 0.342 e. The molecule has 3 heterocycles. The fourth-order valence-corrected chi connectivity index (χ4v) is 5.16. The summed E-state index contributed by atoms with van der Waals surface area (Å²) in [6.45, 7) is 2.25. The Bertz CT molecular complexity index is 1230. The molecule has 2 saturated heterocycles. The number of hydrogen-bond donors (Lipinski definition) is 2. The van der Waals surface area contributed by atoms with Crippen LogP contribution < -0.4 is 21.0 Å². The van der Waals surface area contributed by atoms with Gasteiger partial charge in [-0.2, -0.15) is 4.31 Å². The van der Waals surface area contributed by atoms with Gasteiger partial charge in [-0.05, 0) is 12.1 Å². The zero-order valence-electron chi connectivity index (χ0n) is 16.9. The van der Waals surface area contributed by atoms with E-state index < -0.39 is 26.2 Å². The van der Waals surface area contributed by atoms with Crippen LogP contribution in [0.1, 0.15) is 0 Å². The number of nitrogens with one attached hydrogen (secondary N) is 2. The molecule has 2 aliphatic rings. The molecule has 0 aliphatic carbocycles. The van der Waals surface area contributed by atoms with Crippen LogP contribution >= 0.6 is 0 Å². The fourth-order valence-electron chi connectivity index (χ4n) is 3.73. The number of piperazine rings is 1. The molecule has 4 rings (SSSR count). The van der Waals surface area contributed by atoms with Crippen LogP contribution in [0.15, 0.2) is 32.7 Å². The first-order valence-electron chi connectivity index (χ1n) is 9.82. The van der Waals surface area contributed by atoms with Crippen molar-refractivity contribution < 1.29 is 18.1 Å². The molecule has 2 aromatic rings. The SMILES string of the molecule is O=c1[nH]nc(N2CCN(c3ccc(S(=O)(=O)N4CCOCC4)cc3[N+](=O)[O-])CC2)c(=O)[nH]1. The molecule has 0 atom stereocenters. The maximum Gasteiger partial charge on any atom is 0.342 e. The minimum atomic E-state index is -3.87. The molecule has 1 aromatic heterocycles. The molecule has 14 nitrogen and oxygen atoms in total. The van der Waals surface area contributed by atoms with Gasteiger partial charge < -0.3 is 14.5 Å². The summed E-state index contributed by atoms with van der Waals surface area (Å²) in [5.74, 6) is 0.0608. The Morgan fingerprint density at radius 1 is 1.03 bits per heavy atom. The van der Waals surface area contributed by atoms with E-state index >= 15 is 0 Å². The summed E-state index contributed by atoms with van der Waals surface area (Å²) in [4.78, 5) is 39.6. The lowest BCUT2D eigenvalue weighted by Crippen LogP contribution is -2.49. The molecule has 2 N–H and O–H groups in total. The van der Waals surface area contributed by atoms with E-state index in [9.17, 15) is 28.1 Å². The second kappa shape index (κ2) is 8.68. The average molecular weight is 467 g/mol. The van der Waals surface area contributed by atoms with Crippen LogP contribution in [0, 0.1) is 10.1 Å². The predicted molar refractivity (Wildman–Crippen MR) is 113 cm³/mol. The van der Waals surface area contributed by atoms with Gasteiger partial charge in [0.05, 0.1) is 23.0 Å². The molecule has 0 bridgehead atoms. The van der Waals surface area contributed by atoms with E-state index in [0.29, 0.717) is 31.9 Å². The van der Waals surface area contributed by atoms with E-state index in [0.717, 1.165) is 6.07 Å². The van der Waals surface area contributed by atoms with Gasteiger partial charge in [0.15, 0.2) is 0 Å². The second-order valence-electron chi connectivity index (χ2n) is 7.23. The molecule has 0 unspecified atom stereocenters. The number of benzene rings is 1. The summed E-state index contributed by atoms with van der Waals surface area (Å²) in [7, 11) is -3.87. The van der Waals surface area contributed by atoms with E-state index in [-0.39, 0.29) is 42.7 Å². The van der Waals surface area contributed by atoms with Gasteiger partial charge in [-0.25, -0.2) is 18.3 Å². The van der Waals surface area contributed by atoms with E-state index in [1.165, 1.54) is 16.4 Å². The Hall–Kier alpha value is -3.30. The molecule has 0 saturated carbocycles. The van der Waals surface area contributed by atoms with Crippen molar-refractivity contribution in [2.24, 2.45) is 0 Å². The van der Waals surface area contributed by atoms with Crippen molar-refractivity contribution >= 4 is 27.2 Å². The number of ether oxygens (including phenoxy) is 1. The standard InChI is InChI=1S/C17H21N7O7S/c25-16-15(19-20-17(26)18-16)22-5-3-21(4-6-22)13-2-1-12(11-14(13)24(27)28)32(29,30)23-7-9-31-10-8-23/h1-2,11H,3-10H2,(H2,18,20,25,26). The van der Waals surface area contributed by atoms with Gasteiger partial charge in [-0.3, -0.25) is 19.9 Å². The quantitative estimate of drug-likeness (QED) is 0.398. The number of H-pyrrole nitrogens is 2. The molecular weight excluding hydrogens is 446 g/mol. The highest BCUT2D eigenvalue weighted by Crippen LogP contribution is 2.32. The minimum absolute atomic E-state index is 0.0608. The van der Waals surface area contributed by atoms with Gasteiger partial charge in [-0.1, -0.05) is 0 Å². The molecule has 0 radical (unpaired) electrons. The van der Waals surface area contributed by atoms with Crippen LogP contribution in [0.25, 0.3) is 0 Å². The second-order valence-corrected chi connectivity index (χ2v) is 9.17. The Labute approximate surface area is 181 Å². The molecule has 2 fully saturated rings. The van der Waals surface area contributed by atoms with Crippen molar-refractivity contribution in [3.8, 4) is 0 Å². The van der Waals surface area contributed by atoms with Crippen molar-refractivity contribution in [3.05, 3.63) is 49.2 Å². The van der Waals surface area contributed by atoms with Crippen molar-refractivity contribution in [1.82, 2.24) is 19.5 Å². The lowest BCUT2D eigenvalue weighted by molar-refractivity contribution is -0.384. The third-order valence-corrected chi connectivity index (χ3v) is 7.26. The average Bonchev–Trinajstić information content (AvgIpc) is 2.79. The fraction of sp³-hybridized carbons (Fsp3) is 0.471. The number of nitro benzene ring substituents is 1. The normalized spacial score (nSPS) is 18.0.